The minimum atomic E-state index is -0.0743. The van der Waals surface area contributed by atoms with Gasteiger partial charge >= 0.3 is 0 Å². The SMILES string of the molecule is COc1cccc(CN(CCO)C(=O)Cc2ccc(-c3cn[nH]c3)cc2)c1. The van der Waals surface area contributed by atoms with Gasteiger partial charge < -0.3 is 14.7 Å². The second kappa shape index (κ2) is 9.00. The van der Waals surface area contributed by atoms with Crippen LogP contribution in [-0.2, 0) is 17.8 Å². The predicted octanol–water partition coefficient (Wildman–Crippen LogP) is 2.65. The minimum absolute atomic E-state index is 0.0251. The van der Waals surface area contributed by atoms with Crippen LogP contribution in [0.4, 0.5) is 0 Å². The van der Waals surface area contributed by atoms with Gasteiger partial charge in [0.2, 0.25) is 5.91 Å². The number of aliphatic hydroxyl groups is 1. The molecule has 2 aromatic carbocycles. The van der Waals surface area contributed by atoms with Crippen molar-refractivity contribution in [3.63, 3.8) is 0 Å². The first kappa shape index (κ1) is 18.7. The molecule has 0 saturated carbocycles. The molecule has 0 unspecified atom stereocenters. The Labute approximate surface area is 158 Å². The summed E-state index contributed by atoms with van der Waals surface area (Å²) in [6.07, 6.45) is 3.88. The third-order valence-corrected chi connectivity index (χ3v) is 4.37. The molecule has 1 aromatic heterocycles. The fraction of sp³-hybridized carbons (Fsp3) is 0.238. The highest BCUT2D eigenvalue weighted by atomic mass is 16.5. The molecule has 0 aliphatic rings. The number of methoxy groups -OCH3 is 1. The van der Waals surface area contributed by atoms with Gasteiger partial charge in [-0.2, -0.15) is 5.10 Å². The summed E-state index contributed by atoms with van der Waals surface area (Å²) in [6.45, 7) is 0.655. The van der Waals surface area contributed by atoms with Crippen LogP contribution in [0.1, 0.15) is 11.1 Å². The smallest absolute Gasteiger partial charge is 0.227 e. The van der Waals surface area contributed by atoms with E-state index < -0.39 is 0 Å². The van der Waals surface area contributed by atoms with Gasteiger partial charge in [-0.3, -0.25) is 9.89 Å². The van der Waals surface area contributed by atoms with E-state index in [1.807, 2.05) is 54.7 Å². The van der Waals surface area contributed by atoms with Crippen molar-refractivity contribution in [2.24, 2.45) is 0 Å². The largest absolute Gasteiger partial charge is 0.497 e. The van der Waals surface area contributed by atoms with Crippen molar-refractivity contribution < 1.29 is 14.6 Å². The predicted molar refractivity (Wildman–Crippen MR) is 103 cm³/mol. The Bertz CT molecular complexity index is 861. The molecule has 3 rings (SSSR count). The molecule has 0 radical (unpaired) electrons. The molecule has 1 amide bonds. The number of amides is 1. The van der Waals surface area contributed by atoms with Crippen LogP contribution in [0.5, 0.6) is 5.75 Å². The number of aromatic nitrogens is 2. The number of nitrogens with one attached hydrogen (secondary N) is 1. The van der Waals surface area contributed by atoms with E-state index in [2.05, 4.69) is 10.2 Å². The molecule has 0 bridgehead atoms. The molecule has 0 saturated heterocycles. The number of aliphatic hydroxyl groups excluding tert-OH is 1. The van der Waals surface area contributed by atoms with Crippen LogP contribution >= 0.6 is 0 Å². The van der Waals surface area contributed by atoms with Crippen LogP contribution in [-0.4, -0.2) is 46.4 Å². The lowest BCUT2D eigenvalue weighted by molar-refractivity contribution is -0.131. The molecule has 0 atom stereocenters. The van der Waals surface area contributed by atoms with Crippen LogP contribution in [0.15, 0.2) is 60.9 Å². The first-order valence-electron chi connectivity index (χ1n) is 8.79. The number of aromatic amines is 1. The normalized spacial score (nSPS) is 10.6. The topological polar surface area (TPSA) is 78.5 Å². The van der Waals surface area contributed by atoms with Gasteiger partial charge in [0.15, 0.2) is 0 Å². The van der Waals surface area contributed by atoms with Gasteiger partial charge in [0.1, 0.15) is 5.75 Å². The number of carbonyl (C=O) groups excluding carboxylic acids is 1. The molecule has 0 spiro atoms. The number of ether oxygens (including phenoxy) is 1. The Hall–Kier alpha value is -3.12. The van der Waals surface area contributed by atoms with E-state index >= 15 is 0 Å². The van der Waals surface area contributed by atoms with Gasteiger partial charge in [-0.15, -0.1) is 0 Å². The maximum atomic E-state index is 12.7. The van der Waals surface area contributed by atoms with Crippen molar-refractivity contribution in [3.8, 4) is 16.9 Å². The number of H-pyrrole nitrogens is 1. The van der Waals surface area contributed by atoms with E-state index in [1.165, 1.54) is 0 Å². The Morgan fingerprint density at radius 1 is 1.15 bits per heavy atom. The Balaban J connectivity index is 1.67. The summed E-state index contributed by atoms with van der Waals surface area (Å²) >= 11 is 0. The third-order valence-electron chi connectivity index (χ3n) is 4.37. The Kier molecular flexibility index (Phi) is 6.22. The number of benzene rings is 2. The lowest BCUT2D eigenvalue weighted by Crippen LogP contribution is -2.34. The summed E-state index contributed by atoms with van der Waals surface area (Å²) in [4.78, 5) is 14.4. The highest BCUT2D eigenvalue weighted by Gasteiger charge is 2.15. The standard InChI is InChI=1S/C21H23N3O3/c1-27-20-4-2-3-17(11-20)15-24(9-10-25)21(26)12-16-5-7-18(8-6-16)19-13-22-23-14-19/h2-8,11,13-14,25H,9-10,12,15H2,1H3,(H,22,23). The zero-order valence-corrected chi connectivity index (χ0v) is 15.3. The van der Waals surface area contributed by atoms with E-state index in [4.69, 9.17) is 4.74 Å². The van der Waals surface area contributed by atoms with Crippen LogP contribution in [0.2, 0.25) is 0 Å². The molecule has 1 heterocycles. The van der Waals surface area contributed by atoms with Crippen molar-refractivity contribution >= 4 is 5.91 Å². The molecule has 27 heavy (non-hydrogen) atoms. The molecule has 0 aliphatic carbocycles. The van der Waals surface area contributed by atoms with Crippen molar-refractivity contribution in [1.29, 1.82) is 0 Å². The molecular weight excluding hydrogens is 342 g/mol. The van der Waals surface area contributed by atoms with Crippen LogP contribution in [0.25, 0.3) is 11.1 Å². The Morgan fingerprint density at radius 3 is 2.63 bits per heavy atom. The first-order chi connectivity index (χ1) is 13.2. The molecule has 2 N–H and O–H groups in total. The third kappa shape index (κ3) is 4.95. The van der Waals surface area contributed by atoms with Crippen LogP contribution < -0.4 is 4.74 Å². The molecule has 140 valence electrons. The van der Waals surface area contributed by atoms with Crippen molar-refractivity contribution in [3.05, 3.63) is 72.1 Å². The van der Waals surface area contributed by atoms with Crippen molar-refractivity contribution in [2.45, 2.75) is 13.0 Å². The molecule has 3 aromatic rings. The fourth-order valence-electron chi connectivity index (χ4n) is 2.91. The van der Waals surface area contributed by atoms with Gasteiger partial charge in [-0.25, -0.2) is 0 Å². The molecule has 0 fully saturated rings. The van der Waals surface area contributed by atoms with Gasteiger partial charge in [0.25, 0.3) is 0 Å². The van der Waals surface area contributed by atoms with Crippen molar-refractivity contribution in [1.82, 2.24) is 15.1 Å². The van der Waals surface area contributed by atoms with E-state index in [9.17, 15) is 9.90 Å². The maximum Gasteiger partial charge on any atom is 0.227 e. The number of hydrogen-bond acceptors (Lipinski definition) is 4. The zero-order chi connectivity index (χ0) is 19.1. The summed E-state index contributed by atoms with van der Waals surface area (Å²) in [5, 5.41) is 16.1. The van der Waals surface area contributed by atoms with E-state index in [1.54, 1.807) is 18.2 Å². The maximum absolute atomic E-state index is 12.7. The molecular formula is C21H23N3O3. The minimum Gasteiger partial charge on any atom is -0.497 e. The fourth-order valence-corrected chi connectivity index (χ4v) is 2.91. The van der Waals surface area contributed by atoms with Crippen molar-refractivity contribution in [2.75, 3.05) is 20.3 Å². The number of carbonyl (C=O) groups is 1. The average Bonchev–Trinajstić information content (AvgIpc) is 3.23. The molecule has 6 nitrogen and oxygen atoms in total. The molecule has 0 aliphatic heterocycles. The van der Waals surface area contributed by atoms with Gasteiger partial charge in [0, 0.05) is 24.8 Å². The highest BCUT2D eigenvalue weighted by Crippen LogP contribution is 2.19. The number of rotatable bonds is 8. The molecule has 6 heteroatoms. The second-order valence-electron chi connectivity index (χ2n) is 6.25. The summed E-state index contributed by atoms with van der Waals surface area (Å²) < 4.78 is 5.23. The highest BCUT2D eigenvalue weighted by molar-refractivity contribution is 5.79. The van der Waals surface area contributed by atoms with Crippen LogP contribution in [0.3, 0.4) is 0 Å². The Morgan fingerprint density at radius 2 is 1.96 bits per heavy atom. The quantitative estimate of drug-likeness (QED) is 0.643. The number of nitrogens with zero attached hydrogens (tertiary/aromatic N) is 2. The summed E-state index contributed by atoms with van der Waals surface area (Å²) in [5.41, 5.74) is 3.95. The first-order valence-corrected chi connectivity index (χ1v) is 8.79. The lowest BCUT2D eigenvalue weighted by atomic mass is 10.0. The summed E-state index contributed by atoms with van der Waals surface area (Å²) in [6, 6.07) is 15.5. The summed E-state index contributed by atoms with van der Waals surface area (Å²) in [5.74, 6) is 0.724. The van der Waals surface area contributed by atoms with Gasteiger partial charge in [0.05, 0.1) is 26.3 Å². The zero-order valence-electron chi connectivity index (χ0n) is 15.3. The van der Waals surface area contributed by atoms with Gasteiger partial charge in [-0.05, 0) is 28.8 Å². The summed E-state index contributed by atoms with van der Waals surface area (Å²) in [7, 11) is 1.61. The van der Waals surface area contributed by atoms with E-state index in [-0.39, 0.29) is 18.9 Å². The average molecular weight is 365 g/mol. The van der Waals surface area contributed by atoms with E-state index in [0.717, 1.165) is 28.0 Å². The number of hydrogen-bond donors (Lipinski definition) is 2. The van der Waals surface area contributed by atoms with E-state index in [0.29, 0.717) is 13.1 Å². The second-order valence-corrected chi connectivity index (χ2v) is 6.25. The lowest BCUT2D eigenvalue weighted by Gasteiger charge is -2.22. The van der Waals surface area contributed by atoms with Crippen LogP contribution in [0, 0.1) is 0 Å². The van der Waals surface area contributed by atoms with Gasteiger partial charge in [-0.1, -0.05) is 36.4 Å². The monoisotopic (exact) mass is 365 g/mol.